The molecular formula is C11H17N5O5. The third kappa shape index (κ3) is 5.18. The number of rotatable bonds is 8. The van der Waals surface area contributed by atoms with E-state index in [1.165, 1.54) is 18.0 Å². The van der Waals surface area contributed by atoms with Gasteiger partial charge in [0.05, 0.1) is 19.9 Å². The van der Waals surface area contributed by atoms with Gasteiger partial charge in [0.2, 0.25) is 0 Å². The van der Waals surface area contributed by atoms with E-state index in [1.807, 2.05) is 0 Å². The maximum atomic E-state index is 11.9. The lowest BCUT2D eigenvalue weighted by Crippen LogP contribution is -2.41. The van der Waals surface area contributed by atoms with Gasteiger partial charge in [-0.2, -0.15) is 0 Å². The summed E-state index contributed by atoms with van der Waals surface area (Å²) in [6.45, 7) is 0.728. The number of aliphatic carboxylic acids is 1. The highest BCUT2D eigenvalue weighted by Gasteiger charge is 2.23. The normalized spacial score (nSPS) is 11.7. The minimum atomic E-state index is -1.25. The zero-order valence-corrected chi connectivity index (χ0v) is 11.5. The molecule has 0 aliphatic rings. The van der Waals surface area contributed by atoms with Crippen molar-refractivity contribution in [1.29, 1.82) is 0 Å². The highest BCUT2D eigenvalue weighted by molar-refractivity contribution is 5.94. The summed E-state index contributed by atoms with van der Waals surface area (Å²) in [7, 11) is 1.20. The smallest absolute Gasteiger partial charge is 0.326 e. The van der Waals surface area contributed by atoms with Crippen LogP contribution in [0.25, 0.3) is 0 Å². The molecule has 0 saturated carbocycles. The third-order valence-corrected chi connectivity index (χ3v) is 2.60. The van der Waals surface area contributed by atoms with Crippen molar-refractivity contribution in [3.8, 4) is 0 Å². The molecule has 1 heterocycles. The SMILES string of the molecule is COC(=O)CC[C@@H](NC(=O)c1cn(CCN)nn1)C(=O)O. The van der Waals surface area contributed by atoms with Crippen LogP contribution in [0.2, 0.25) is 0 Å². The van der Waals surface area contributed by atoms with Crippen LogP contribution in [0, 0.1) is 0 Å². The second kappa shape index (κ2) is 7.94. The number of hydrogen-bond donors (Lipinski definition) is 3. The molecule has 0 saturated heterocycles. The highest BCUT2D eigenvalue weighted by atomic mass is 16.5. The molecule has 1 atom stereocenters. The topological polar surface area (TPSA) is 149 Å². The molecule has 0 aliphatic heterocycles. The fourth-order valence-corrected chi connectivity index (χ4v) is 1.50. The number of aromatic nitrogens is 3. The van der Waals surface area contributed by atoms with E-state index >= 15 is 0 Å². The Morgan fingerprint density at radius 3 is 2.81 bits per heavy atom. The van der Waals surface area contributed by atoms with Gasteiger partial charge in [0.25, 0.3) is 5.91 Å². The molecule has 10 nitrogen and oxygen atoms in total. The Labute approximate surface area is 120 Å². The van der Waals surface area contributed by atoms with Gasteiger partial charge in [0.1, 0.15) is 6.04 Å². The Balaban J connectivity index is 2.62. The largest absolute Gasteiger partial charge is 0.480 e. The van der Waals surface area contributed by atoms with Crippen LogP contribution in [-0.2, 0) is 20.9 Å². The van der Waals surface area contributed by atoms with Crippen LogP contribution < -0.4 is 11.1 Å². The molecule has 21 heavy (non-hydrogen) atoms. The van der Waals surface area contributed by atoms with Crippen LogP contribution in [0.3, 0.4) is 0 Å². The molecule has 10 heteroatoms. The van der Waals surface area contributed by atoms with Crippen LogP contribution in [0.1, 0.15) is 23.3 Å². The molecule has 0 spiro atoms. The molecule has 0 unspecified atom stereocenters. The lowest BCUT2D eigenvalue weighted by molar-refractivity contribution is -0.142. The van der Waals surface area contributed by atoms with E-state index in [-0.39, 0.29) is 18.5 Å². The second-order valence-electron chi connectivity index (χ2n) is 4.13. The van der Waals surface area contributed by atoms with Crippen LogP contribution in [-0.4, -0.2) is 57.6 Å². The zero-order chi connectivity index (χ0) is 15.8. The lowest BCUT2D eigenvalue weighted by Gasteiger charge is -2.12. The van der Waals surface area contributed by atoms with Gasteiger partial charge in [-0.3, -0.25) is 14.3 Å². The molecule has 0 bridgehead atoms. The zero-order valence-electron chi connectivity index (χ0n) is 11.5. The summed E-state index contributed by atoms with van der Waals surface area (Å²) < 4.78 is 5.79. The number of carboxylic acid groups (broad SMARTS) is 1. The van der Waals surface area contributed by atoms with Gasteiger partial charge in [-0.15, -0.1) is 5.10 Å². The predicted molar refractivity (Wildman–Crippen MR) is 69.2 cm³/mol. The second-order valence-corrected chi connectivity index (χ2v) is 4.13. The van der Waals surface area contributed by atoms with Crippen molar-refractivity contribution in [1.82, 2.24) is 20.3 Å². The van der Waals surface area contributed by atoms with Gasteiger partial charge in [-0.25, -0.2) is 4.79 Å². The molecule has 0 fully saturated rings. The summed E-state index contributed by atoms with van der Waals surface area (Å²) in [6.07, 6.45) is 1.17. The highest BCUT2D eigenvalue weighted by Crippen LogP contribution is 2.02. The Morgan fingerprint density at radius 1 is 1.52 bits per heavy atom. The van der Waals surface area contributed by atoms with Crippen LogP contribution >= 0.6 is 0 Å². The van der Waals surface area contributed by atoms with E-state index in [2.05, 4.69) is 20.4 Å². The van der Waals surface area contributed by atoms with Gasteiger partial charge in [0, 0.05) is 13.0 Å². The van der Waals surface area contributed by atoms with Crippen LogP contribution in [0.15, 0.2) is 6.20 Å². The van der Waals surface area contributed by atoms with E-state index < -0.39 is 23.9 Å². The van der Waals surface area contributed by atoms with Crippen molar-refractivity contribution in [3.63, 3.8) is 0 Å². The van der Waals surface area contributed by atoms with Crippen molar-refractivity contribution in [2.75, 3.05) is 13.7 Å². The van der Waals surface area contributed by atoms with Gasteiger partial charge < -0.3 is 20.9 Å². The van der Waals surface area contributed by atoms with E-state index in [1.54, 1.807) is 0 Å². The van der Waals surface area contributed by atoms with Gasteiger partial charge >= 0.3 is 11.9 Å². The maximum absolute atomic E-state index is 11.9. The Hall–Kier alpha value is -2.49. The Bertz CT molecular complexity index is 515. The molecule has 1 rings (SSSR count). The number of nitrogens with zero attached hydrogens (tertiary/aromatic N) is 3. The van der Waals surface area contributed by atoms with Crippen LogP contribution in [0.4, 0.5) is 0 Å². The molecular weight excluding hydrogens is 282 g/mol. The van der Waals surface area contributed by atoms with Gasteiger partial charge in [-0.05, 0) is 6.42 Å². The van der Waals surface area contributed by atoms with Crippen molar-refractivity contribution >= 4 is 17.8 Å². The van der Waals surface area contributed by atoms with Crippen molar-refractivity contribution in [3.05, 3.63) is 11.9 Å². The third-order valence-electron chi connectivity index (χ3n) is 2.60. The quantitative estimate of drug-likeness (QED) is 0.484. The van der Waals surface area contributed by atoms with Crippen molar-refractivity contribution in [2.24, 2.45) is 5.73 Å². The first-order valence-electron chi connectivity index (χ1n) is 6.18. The fourth-order valence-electron chi connectivity index (χ4n) is 1.50. The van der Waals surface area contributed by atoms with Crippen LogP contribution in [0.5, 0.6) is 0 Å². The Kier molecular flexibility index (Phi) is 6.27. The summed E-state index contributed by atoms with van der Waals surface area (Å²) in [4.78, 5) is 33.9. The average molecular weight is 299 g/mol. The number of carbonyl (C=O) groups is 3. The molecule has 1 aromatic heterocycles. The first-order valence-corrected chi connectivity index (χ1v) is 6.18. The fraction of sp³-hybridized carbons (Fsp3) is 0.545. The minimum absolute atomic E-state index is 0.0206. The average Bonchev–Trinajstić information content (AvgIpc) is 2.91. The molecule has 1 amide bonds. The van der Waals surface area contributed by atoms with Crippen molar-refractivity contribution in [2.45, 2.75) is 25.4 Å². The van der Waals surface area contributed by atoms with E-state index in [0.717, 1.165) is 0 Å². The summed E-state index contributed by atoms with van der Waals surface area (Å²) in [5.74, 6) is -2.48. The molecule has 0 radical (unpaired) electrons. The monoisotopic (exact) mass is 299 g/mol. The predicted octanol–water partition coefficient (Wildman–Crippen LogP) is -1.63. The molecule has 0 aliphatic carbocycles. The van der Waals surface area contributed by atoms with Gasteiger partial charge in [0.15, 0.2) is 5.69 Å². The first-order chi connectivity index (χ1) is 9.97. The van der Waals surface area contributed by atoms with E-state index in [0.29, 0.717) is 13.1 Å². The maximum Gasteiger partial charge on any atom is 0.326 e. The van der Waals surface area contributed by atoms with E-state index in [4.69, 9.17) is 10.8 Å². The molecule has 1 aromatic rings. The number of carboxylic acids is 1. The molecule has 0 aromatic carbocycles. The summed E-state index contributed by atoms with van der Waals surface area (Å²) in [5.41, 5.74) is 5.32. The number of ether oxygens (including phenoxy) is 1. The molecule has 116 valence electrons. The number of nitrogens with one attached hydrogen (secondary N) is 1. The van der Waals surface area contributed by atoms with Crippen molar-refractivity contribution < 1.29 is 24.2 Å². The summed E-state index contributed by atoms with van der Waals surface area (Å²) >= 11 is 0. The summed E-state index contributed by atoms with van der Waals surface area (Å²) in [5, 5.41) is 18.6. The first kappa shape index (κ1) is 16.6. The van der Waals surface area contributed by atoms with Gasteiger partial charge in [-0.1, -0.05) is 5.21 Å². The van der Waals surface area contributed by atoms with E-state index in [9.17, 15) is 14.4 Å². The number of amides is 1. The molecule has 4 N–H and O–H groups in total. The lowest BCUT2D eigenvalue weighted by atomic mass is 10.1. The number of hydrogen-bond acceptors (Lipinski definition) is 7. The minimum Gasteiger partial charge on any atom is -0.480 e. The standard InChI is InChI=1S/C11H17N5O5/c1-21-9(17)3-2-7(11(19)20)13-10(18)8-6-16(5-4-12)15-14-8/h6-7H,2-5,12H2,1H3,(H,13,18)(H,19,20)/t7-/m1/s1. The number of methoxy groups -OCH3 is 1. The number of carbonyl (C=O) groups excluding carboxylic acids is 2. The number of esters is 1. The Morgan fingerprint density at radius 2 is 2.24 bits per heavy atom. The number of nitrogens with two attached hydrogens (primary N) is 1. The summed E-state index contributed by atoms with van der Waals surface area (Å²) in [6, 6.07) is -1.21.